The first kappa shape index (κ1) is 30.1. The first-order valence-electron chi connectivity index (χ1n) is 11.9. The number of nitrogens with zero attached hydrogens (tertiary/aromatic N) is 3. The van der Waals surface area contributed by atoms with E-state index in [1.165, 1.54) is 22.0 Å². The minimum atomic E-state index is 0.0422. The summed E-state index contributed by atoms with van der Waals surface area (Å²) >= 11 is 6.00. The van der Waals surface area contributed by atoms with E-state index in [4.69, 9.17) is 14.7 Å². The van der Waals surface area contributed by atoms with E-state index in [-0.39, 0.29) is 11.5 Å². The summed E-state index contributed by atoms with van der Waals surface area (Å²) in [5, 5.41) is 0. The molecule has 2 aromatic rings. The zero-order chi connectivity index (χ0) is 26.3. The summed E-state index contributed by atoms with van der Waals surface area (Å²) in [5.41, 5.74) is 6.60. The Morgan fingerprint density at radius 3 is 1.91 bits per heavy atom. The molecule has 196 valence electrons. The van der Waals surface area contributed by atoms with Gasteiger partial charge in [-0.3, -0.25) is 0 Å². The second-order valence-electron chi connectivity index (χ2n) is 10.7. The van der Waals surface area contributed by atoms with Crippen LogP contribution in [0.25, 0.3) is 0 Å². The zero-order valence-electron chi connectivity index (χ0n) is 22.3. The zero-order valence-corrected chi connectivity index (χ0v) is 26.5. The fourth-order valence-electron chi connectivity index (χ4n) is 3.85. The van der Waals surface area contributed by atoms with Crippen molar-refractivity contribution in [2.75, 3.05) is 25.6 Å². The summed E-state index contributed by atoms with van der Waals surface area (Å²) < 4.78 is 6.17. The molecule has 0 bridgehead atoms. The average Bonchev–Trinajstić information content (AvgIpc) is 3.28. The van der Waals surface area contributed by atoms with Crippen LogP contribution < -0.4 is 4.90 Å². The standard InChI is InChI=1S/C28H39N3O.2BrH.Ni/c1-18(2)22-11-10-12-23(19(3)4)26(22)30-25(20-13-15-21(16-14-20)31(8)9)27-29-24(17-32-27)28(5,6)7;;;/h10-16,18-19,24H,17H2,1-9H3;2*1H;/q;;;+2/p-2/t24-;;;/m1.../s1. The van der Waals surface area contributed by atoms with Crippen molar-refractivity contribution in [1.82, 2.24) is 0 Å². The summed E-state index contributed by atoms with van der Waals surface area (Å²) in [5.74, 6) is 1.40. The van der Waals surface area contributed by atoms with Crippen molar-refractivity contribution in [3.05, 3.63) is 59.2 Å². The van der Waals surface area contributed by atoms with Crippen LogP contribution in [-0.2, 0) is 15.6 Å². The Kier molecular flexibility index (Phi) is 11.5. The van der Waals surface area contributed by atoms with Gasteiger partial charge in [0.2, 0.25) is 5.90 Å². The van der Waals surface area contributed by atoms with Gasteiger partial charge >= 0.3 is 39.3 Å². The molecule has 1 aliphatic rings. The van der Waals surface area contributed by atoms with Crippen molar-refractivity contribution < 1.29 is 15.6 Å². The van der Waals surface area contributed by atoms with Crippen LogP contribution in [0.15, 0.2) is 52.4 Å². The third-order valence-corrected chi connectivity index (χ3v) is 6.08. The Labute approximate surface area is 232 Å². The van der Waals surface area contributed by atoms with E-state index in [0.29, 0.717) is 24.3 Å². The summed E-state index contributed by atoms with van der Waals surface area (Å²) in [4.78, 5) is 12.4. The van der Waals surface area contributed by atoms with E-state index in [9.17, 15) is 0 Å². The Hall–Kier alpha value is -1.17. The summed E-state index contributed by atoms with van der Waals surface area (Å²) in [6, 6.07) is 15.1. The number of ether oxygens (including phenoxy) is 1. The molecule has 4 nitrogen and oxygen atoms in total. The second kappa shape index (κ2) is 13.4. The van der Waals surface area contributed by atoms with Gasteiger partial charge in [-0.1, -0.05) is 78.8 Å². The van der Waals surface area contributed by atoms with Crippen molar-refractivity contribution >= 4 is 51.4 Å². The molecule has 3 rings (SSSR count). The van der Waals surface area contributed by atoms with Gasteiger partial charge in [0.25, 0.3) is 0 Å². The maximum atomic E-state index is 6.17. The molecule has 0 amide bonds. The molecule has 0 aliphatic carbocycles. The number of para-hydroxylation sites is 1. The molecular weight excluding hydrogens is 613 g/mol. The monoisotopic (exact) mass is 649 g/mol. The van der Waals surface area contributed by atoms with Gasteiger partial charge in [-0.2, -0.15) is 0 Å². The number of halogens is 2. The van der Waals surface area contributed by atoms with E-state index in [0.717, 1.165) is 22.6 Å². The van der Waals surface area contributed by atoms with Crippen LogP contribution in [-0.4, -0.2) is 38.4 Å². The van der Waals surface area contributed by atoms with Crippen LogP contribution >= 0.6 is 28.5 Å². The fourth-order valence-corrected chi connectivity index (χ4v) is 3.85. The Bertz CT molecular complexity index is 999. The number of benzene rings is 2. The maximum absolute atomic E-state index is 6.17. The molecular formula is C28H39Br2N3NiO. The molecule has 7 heteroatoms. The molecule has 35 heavy (non-hydrogen) atoms. The van der Waals surface area contributed by atoms with Crippen molar-refractivity contribution in [2.24, 2.45) is 15.4 Å². The third kappa shape index (κ3) is 8.16. The summed E-state index contributed by atoms with van der Waals surface area (Å²) in [6.07, 6.45) is 0. The van der Waals surface area contributed by atoms with E-state index in [1.54, 1.807) is 0 Å². The molecule has 1 atom stereocenters. The number of hydrogen-bond acceptors (Lipinski definition) is 4. The first-order valence-corrected chi connectivity index (χ1v) is 16.8. The van der Waals surface area contributed by atoms with E-state index in [2.05, 4.69) is 138 Å². The van der Waals surface area contributed by atoms with Crippen LogP contribution in [0.2, 0.25) is 0 Å². The molecule has 0 saturated heterocycles. The molecule has 0 radical (unpaired) electrons. The minimum absolute atomic E-state index is 0.0422. The van der Waals surface area contributed by atoms with Gasteiger partial charge in [-0.15, -0.1) is 0 Å². The molecule has 0 N–H and O–H groups in total. The molecule has 1 aliphatic heterocycles. The van der Waals surface area contributed by atoms with Crippen molar-refractivity contribution in [2.45, 2.75) is 66.3 Å². The van der Waals surface area contributed by atoms with Gasteiger partial charge in [-0.25, -0.2) is 9.98 Å². The van der Waals surface area contributed by atoms with E-state index in [1.807, 2.05) is 0 Å². The van der Waals surface area contributed by atoms with Gasteiger partial charge < -0.3 is 9.64 Å². The quantitative estimate of drug-likeness (QED) is 0.232. The predicted molar refractivity (Wildman–Crippen MR) is 156 cm³/mol. The van der Waals surface area contributed by atoms with Gasteiger partial charge in [0.1, 0.15) is 12.3 Å². The molecule has 1 heterocycles. The normalized spacial score (nSPS) is 16.2. The molecule has 0 aromatic heterocycles. The SMILES string of the molecule is CC(C)c1cccc(C(C)C)c1N=C(C1=N[C@@H](C(C)(C)C)CO1)c1ccc(N(C)C)cc1.[Br][Ni][Br]. The molecule has 0 fully saturated rings. The van der Waals surface area contributed by atoms with Gasteiger partial charge in [-0.05, 0) is 40.5 Å². The molecule has 0 unspecified atom stereocenters. The number of anilines is 1. The second-order valence-corrected chi connectivity index (χ2v) is 15.7. The summed E-state index contributed by atoms with van der Waals surface area (Å²) in [6.45, 7) is 16.1. The summed E-state index contributed by atoms with van der Waals surface area (Å²) in [7, 11) is 5.35. The number of hydrogen-bond donors (Lipinski definition) is 0. The Morgan fingerprint density at radius 1 is 1.00 bits per heavy atom. The van der Waals surface area contributed by atoms with Crippen LogP contribution in [0.1, 0.15) is 77.0 Å². The first-order chi connectivity index (χ1) is 16.4. The van der Waals surface area contributed by atoms with Crippen LogP contribution in [0, 0.1) is 5.41 Å². The Morgan fingerprint density at radius 2 is 1.51 bits per heavy atom. The van der Waals surface area contributed by atoms with E-state index < -0.39 is 0 Å². The van der Waals surface area contributed by atoms with Gasteiger partial charge in [0, 0.05) is 25.3 Å². The predicted octanol–water partition coefficient (Wildman–Crippen LogP) is 8.65. The number of aliphatic imine (C=N–C) groups is 2. The van der Waals surface area contributed by atoms with Crippen molar-refractivity contribution in [1.29, 1.82) is 0 Å². The molecule has 0 saturated carbocycles. The van der Waals surface area contributed by atoms with Crippen molar-refractivity contribution in [3.63, 3.8) is 0 Å². The van der Waals surface area contributed by atoms with E-state index >= 15 is 0 Å². The molecule has 0 spiro atoms. The average molecular weight is 652 g/mol. The van der Waals surface area contributed by atoms with Crippen molar-refractivity contribution in [3.8, 4) is 0 Å². The molecule has 2 aromatic carbocycles. The number of rotatable bonds is 6. The van der Waals surface area contributed by atoms with Crippen LogP contribution in [0.3, 0.4) is 0 Å². The van der Waals surface area contributed by atoms with Gasteiger partial charge in [0.05, 0.1) is 11.7 Å². The Balaban J connectivity index is 0.00000137. The van der Waals surface area contributed by atoms with Crippen LogP contribution in [0.4, 0.5) is 11.4 Å². The van der Waals surface area contributed by atoms with Gasteiger partial charge in [0.15, 0.2) is 0 Å². The fraction of sp³-hybridized carbons (Fsp3) is 0.500. The topological polar surface area (TPSA) is 37.2 Å². The van der Waals surface area contributed by atoms with Crippen LogP contribution in [0.5, 0.6) is 0 Å². The third-order valence-electron chi connectivity index (χ3n) is 6.08.